The van der Waals surface area contributed by atoms with Crippen molar-refractivity contribution in [2.45, 2.75) is 20.4 Å². The SMILES string of the molecule is CCn1c(-c2cc(NC(=O)c3ccc(Cl)cc3)n[nH]2)c(C)c2ccccc21. The molecule has 136 valence electrons. The standard InChI is InChI=1S/C21H19ClN4O/c1-3-26-18-7-5-4-6-16(18)13(2)20(26)17-12-19(25-24-17)23-21(27)14-8-10-15(22)11-9-14/h4-12H,3H2,1-2H3,(H2,23,24,25,27). The molecule has 0 saturated heterocycles. The summed E-state index contributed by atoms with van der Waals surface area (Å²) in [6.07, 6.45) is 0. The van der Waals surface area contributed by atoms with Crippen LogP contribution >= 0.6 is 11.6 Å². The number of nitrogens with one attached hydrogen (secondary N) is 2. The summed E-state index contributed by atoms with van der Waals surface area (Å²) in [5, 5.41) is 12.0. The molecule has 2 N–H and O–H groups in total. The molecule has 0 fully saturated rings. The minimum Gasteiger partial charge on any atom is -0.339 e. The minimum absolute atomic E-state index is 0.225. The Bertz CT molecular complexity index is 1130. The van der Waals surface area contributed by atoms with Gasteiger partial charge in [-0.05, 0) is 49.7 Å². The number of fused-ring (bicyclic) bond motifs is 1. The molecule has 6 heteroatoms. The van der Waals surface area contributed by atoms with Gasteiger partial charge in [0.2, 0.25) is 0 Å². The molecule has 0 radical (unpaired) electrons. The maximum absolute atomic E-state index is 12.4. The van der Waals surface area contributed by atoms with Crippen LogP contribution in [0.4, 0.5) is 5.82 Å². The first kappa shape index (κ1) is 17.4. The van der Waals surface area contributed by atoms with E-state index in [2.05, 4.69) is 46.1 Å². The lowest BCUT2D eigenvalue weighted by Crippen LogP contribution is -2.11. The second-order valence-electron chi connectivity index (χ2n) is 6.36. The number of anilines is 1. The van der Waals surface area contributed by atoms with E-state index in [9.17, 15) is 4.79 Å². The predicted molar refractivity (Wildman–Crippen MR) is 109 cm³/mol. The number of nitrogens with zero attached hydrogens (tertiary/aromatic N) is 2. The number of carbonyl (C=O) groups excluding carboxylic acids is 1. The first-order valence-corrected chi connectivity index (χ1v) is 9.16. The Hall–Kier alpha value is -3.05. The van der Waals surface area contributed by atoms with Crippen LogP contribution < -0.4 is 5.32 Å². The number of hydrogen-bond donors (Lipinski definition) is 2. The van der Waals surface area contributed by atoms with Gasteiger partial charge in [-0.2, -0.15) is 5.10 Å². The fourth-order valence-corrected chi connectivity index (χ4v) is 3.58. The first-order chi connectivity index (χ1) is 13.1. The van der Waals surface area contributed by atoms with Crippen molar-refractivity contribution >= 4 is 34.2 Å². The van der Waals surface area contributed by atoms with Crippen LogP contribution in [0.15, 0.2) is 54.6 Å². The highest BCUT2D eigenvalue weighted by Crippen LogP contribution is 2.33. The number of aromatic nitrogens is 3. The zero-order valence-corrected chi connectivity index (χ0v) is 15.8. The fourth-order valence-electron chi connectivity index (χ4n) is 3.45. The molecule has 4 aromatic rings. The number of rotatable bonds is 4. The van der Waals surface area contributed by atoms with Crippen molar-refractivity contribution in [3.63, 3.8) is 0 Å². The van der Waals surface area contributed by atoms with Crippen LogP contribution in [0.5, 0.6) is 0 Å². The Morgan fingerprint density at radius 3 is 2.67 bits per heavy atom. The van der Waals surface area contributed by atoms with Gasteiger partial charge in [-0.15, -0.1) is 0 Å². The van der Waals surface area contributed by atoms with E-state index in [0.29, 0.717) is 16.4 Å². The molecule has 2 heterocycles. The number of H-pyrrole nitrogens is 1. The molecule has 0 aliphatic carbocycles. The molecule has 5 nitrogen and oxygen atoms in total. The number of benzene rings is 2. The number of amides is 1. The highest BCUT2D eigenvalue weighted by atomic mass is 35.5. The van der Waals surface area contributed by atoms with E-state index in [0.717, 1.165) is 17.9 Å². The topological polar surface area (TPSA) is 62.7 Å². The molecule has 2 aromatic heterocycles. The third-order valence-electron chi connectivity index (χ3n) is 4.72. The number of para-hydroxylation sites is 1. The van der Waals surface area contributed by atoms with E-state index < -0.39 is 0 Å². The summed E-state index contributed by atoms with van der Waals surface area (Å²) in [4.78, 5) is 12.4. The fraction of sp³-hybridized carbons (Fsp3) is 0.143. The van der Waals surface area contributed by atoms with E-state index in [4.69, 9.17) is 11.6 Å². The number of aromatic amines is 1. The molecule has 1 amide bonds. The third kappa shape index (κ3) is 3.11. The summed E-state index contributed by atoms with van der Waals surface area (Å²) < 4.78 is 2.25. The highest BCUT2D eigenvalue weighted by Gasteiger charge is 2.17. The quantitative estimate of drug-likeness (QED) is 0.508. The summed E-state index contributed by atoms with van der Waals surface area (Å²) in [6, 6.07) is 16.9. The van der Waals surface area contributed by atoms with Gasteiger partial charge in [-0.1, -0.05) is 29.8 Å². The largest absolute Gasteiger partial charge is 0.339 e. The molecule has 0 atom stereocenters. The van der Waals surface area contributed by atoms with Crippen LogP contribution in [-0.4, -0.2) is 20.7 Å². The predicted octanol–water partition coefficient (Wildman–Crippen LogP) is 5.27. The molecular weight excluding hydrogens is 360 g/mol. The van der Waals surface area contributed by atoms with E-state index in [1.165, 1.54) is 16.5 Å². The van der Waals surface area contributed by atoms with Crippen molar-refractivity contribution in [1.29, 1.82) is 0 Å². The Labute approximate surface area is 162 Å². The van der Waals surface area contributed by atoms with Crippen molar-refractivity contribution in [2.75, 3.05) is 5.32 Å². The van der Waals surface area contributed by atoms with Crippen LogP contribution in [0, 0.1) is 6.92 Å². The molecule has 0 unspecified atom stereocenters. The maximum atomic E-state index is 12.4. The van der Waals surface area contributed by atoms with Crippen LogP contribution in [-0.2, 0) is 6.54 Å². The summed E-state index contributed by atoms with van der Waals surface area (Å²) in [6.45, 7) is 5.07. The number of carbonyl (C=O) groups is 1. The lowest BCUT2D eigenvalue weighted by molar-refractivity contribution is 0.102. The molecule has 0 spiro atoms. The minimum atomic E-state index is -0.225. The number of halogens is 1. The third-order valence-corrected chi connectivity index (χ3v) is 4.97. The zero-order chi connectivity index (χ0) is 19.0. The van der Waals surface area contributed by atoms with Crippen LogP contribution in [0.25, 0.3) is 22.3 Å². The van der Waals surface area contributed by atoms with Crippen molar-refractivity contribution in [2.24, 2.45) is 0 Å². The second kappa shape index (κ2) is 6.93. The van der Waals surface area contributed by atoms with Gasteiger partial charge in [-0.3, -0.25) is 9.89 Å². The molecule has 0 bridgehead atoms. The van der Waals surface area contributed by atoms with Crippen LogP contribution in [0.1, 0.15) is 22.8 Å². The highest BCUT2D eigenvalue weighted by molar-refractivity contribution is 6.30. The van der Waals surface area contributed by atoms with Gasteiger partial charge < -0.3 is 9.88 Å². The van der Waals surface area contributed by atoms with Gasteiger partial charge >= 0.3 is 0 Å². The summed E-state index contributed by atoms with van der Waals surface area (Å²) in [5.41, 5.74) is 4.86. The molecule has 4 rings (SSSR count). The van der Waals surface area contributed by atoms with E-state index in [-0.39, 0.29) is 5.91 Å². The summed E-state index contributed by atoms with van der Waals surface area (Å²) >= 11 is 5.87. The Morgan fingerprint density at radius 2 is 1.93 bits per heavy atom. The first-order valence-electron chi connectivity index (χ1n) is 8.79. The Balaban J connectivity index is 1.67. The van der Waals surface area contributed by atoms with E-state index >= 15 is 0 Å². The number of aryl methyl sites for hydroxylation is 2. The summed E-state index contributed by atoms with van der Waals surface area (Å²) in [7, 11) is 0. The summed E-state index contributed by atoms with van der Waals surface area (Å²) in [5.74, 6) is 0.259. The van der Waals surface area contributed by atoms with Gasteiger partial charge in [0.25, 0.3) is 5.91 Å². The van der Waals surface area contributed by atoms with Crippen molar-refractivity contribution in [3.05, 3.63) is 70.7 Å². The molecule has 0 aliphatic rings. The second-order valence-corrected chi connectivity index (χ2v) is 6.80. The van der Waals surface area contributed by atoms with Gasteiger partial charge in [-0.25, -0.2) is 0 Å². The van der Waals surface area contributed by atoms with Crippen molar-refractivity contribution in [3.8, 4) is 11.4 Å². The maximum Gasteiger partial charge on any atom is 0.256 e. The van der Waals surface area contributed by atoms with Crippen LogP contribution in [0.3, 0.4) is 0 Å². The molecule has 0 aliphatic heterocycles. The lowest BCUT2D eigenvalue weighted by Gasteiger charge is -2.06. The average molecular weight is 379 g/mol. The molecule has 27 heavy (non-hydrogen) atoms. The smallest absolute Gasteiger partial charge is 0.256 e. The van der Waals surface area contributed by atoms with E-state index in [1.54, 1.807) is 24.3 Å². The van der Waals surface area contributed by atoms with Gasteiger partial charge in [0.05, 0.1) is 11.4 Å². The zero-order valence-electron chi connectivity index (χ0n) is 15.1. The van der Waals surface area contributed by atoms with Crippen molar-refractivity contribution in [1.82, 2.24) is 14.8 Å². The van der Waals surface area contributed by atoms with Gasteiger partial charge in [0.1, 0.15) is 0 Å². The molecule has 0 saturated carbocycles. The van der Waals surface area contributed by atoms with E-state index in [1.807, 2.05) is 18.2 Å². The van der Waals surface area contributed by atoms with Gasteiger partial charge in [0.15, 0.2) is 5.82 Å². The van der Waals surface area contributed by atoms with Crippen LogP contribution in [0.2, 0.25) is 5.02 Å². The normalized spacial score (nSPS) is 11.1. The molecular formula is C21H19ClN4O. The van der Waals surface area contributed by atoms with Crippen molar-refractivity contribution < 1.29 is 4.79 Å². The number of hydrogen-bond acceptors (Lipinski definition) is 2. The average Bonchev–Trinajstić information content (AvgIpc) is 3.24. The Morgan fingerprint density at radius 1 is 1.19 bits per heavy atom. The Kier molecular flexibility index (Phi) is 4.46. The van der Waals surface area contributed by atoms with Gasteiger partial charge in [0, 0.05) is 34.1 Å². The lowest BCUT2D eigenvalue weighted by atomic mass is 10.1. The molecule has 2 aromatic carbocycles. The monoisotopic (exact) mass is 378 g/mol.